The summed E-state index contributed by atoms with van der Waals surface area (Å²) < 4.78 is 2.16. The molecular formula is C15H24BrN3OS. The van der Waals surface area contributed by atoms with Crippen LogP contribution in [-0.4, -0.2) is 26.8 Å². The molecule has 1 aromatic heterocycles. The SMILES string of the molecule is CCCCn1ncc(NC2CCC(SCC)C2)c(Br)c1=O. The van der Waals surface area contributed by atoms with Crippen molar-refractivity contribution in [2.45, 2.75) is 63.8 Å². The Bertz CT molecular complexity index is 520. The molecule has 2 unspecified atom stereocenters. The van der Waals surface area contributed by atoms with Crippen molar-refractivity contribution < 1.29 is 0 Å². The maximum absolute atomic E-state index is 12.2. The molecule has 0 amide bonds. The normalized spacial score (nSPS) is 21.7. The van der Waals surface area contributed by atoms with Crippen LogP contribution < -0.4 is 10.9 Å². The van der Waals surface area contributed by atoms with Gasteiger partial charge in [0, 0.05) is 17.8 Å². The van der Waals surface area contributed by atoms with E-state index in [-0.39, 0.29) is 5.56 Å². The topological polar surface area (TPSA) is 46.9 Å². The molecule has 0 spiro atoms. The van der Waals surface area contributed by atoms with E-state index in [4.69, 9.17) is 0 Å². The van der Waals surface area contributed by atoms with Crippen LogP contribution in [0.1, 0.15) is 46.0 Å². The number of nitrogens with zero attached hydrogens (tertiary/aromatic N) is 2. The van der Waals surface area contributed by atoms with Crippen LogP contribution in [0.5, 0.6) is 0 Å². The fraction of sp³-hybridized carbons (Fsp3) is 0.733. The number of unbranched alkanes of at least 4 members (excludes halogenated alkanes) is 1. The quantitative estimate of drug-likeness (QED) is 0.787. The van der Waals surface area contributed by atoms with Gasteiger partial charge < -0.3 is 5.32 Å². The zero-order chi connectivity index (χ0) is 15.2. The van der Waals surface area contributed by atoms with E-state index < -0.39 is 0 Å². The molecule has 21 heavy (non-hydrogen) atoms. The zero-order valence-electron chi connectivity index (χ0n) is 12.8. The summed E-state index contributed by atoms with van der Waals surface area (Å²) in [7, 11) is 0. The number of aromatic nitrogens is 2. The second-order valence-electron chi connectivity index (χ2n) is 5.49. The Morgan fingerprint density at radius 2 is 2.29 bits per heavy atom. The first kappa shape index (κ1) is 16.9. The lowest BCUT2D eigenvalue weighted by Gasteiger charge is -2.16. The highest BCUT2D eigenvalue weighted by Crippen LogP contribution is 2.32. The van der Waals surface area contributed by atoms with Gasteiger partial charge in [0.1, 0.15) is 4.47 Å². The van der Waals surface area contributed by atoms with Crippen molar-refractivity contribution in [1.29, 1.82) is 0 Å². The van der Waals surface area contributed by atoms with Gasteiger partial charge in [-0.15, -0.1) is 0 Å². The molecule has 2 atom stereocenters. The second kappa shape index (κ2) is 8.22. The number of rotatable bonds is 7. The van der Waals surface area contributed by atoms with Crippen molar-refractivity contribution >= 4 is 33.4 Å². The molecule has 0 aromatic carbocycles. The van der Waals surface area contributed by atoms with Crippen molar-refractivity contribution in [2.75, 3.05) is 11.1 Å². The van der Waals surface area contributed by atoms with Crippen molar-refractivity contribution in [1.82, 2.24) is 9.78 Å². The van der Waals surface area contributed by atoms with Gasteiger partial charge in [0.05, 0.1) is 11.9 Å². The highest BCUT2D eigenvalue weighted by atomic mass is 79.9. The van der Waals surface area contributed by atoms with E-state index in [2.05, 4.69) is 40.2 Å². The molecule has 0 bridgehead atoms. The summed E-state index contributed by atoms with van der Waals surface area (Å²) in [5.41, 5.74) is 0.797. The van der Waals surface area contributed by atoms with Crippen molar-refractivity contribution in [3.05, 3.63) is 21.0 Å². The Morgan fingerprint density at radius 3 is 3.00 bits per heavy atom. The van der Waals surface area contributed by atoms with E-state index in [0.717, 1.165) is 23.8 Å². The molecule has 2 rings (SSSR count). The van der Waals surface area contributed by atoms with Gasteiger partial charge in [-0.3, -0.25) is 4.79 Å². The molecule has 0 radical (unpaired) electrons. The van der Waals surface area contributed by atoms with Gasteiger partial charge in [0.25, 0.3) is 5.56 Å². The van der Waals surface area contributed by atoms with E-state index in [1.165, 1.54) is 25.0 Å². The molecule has 1 aliphatic rings. The van der Waals surface area contributed by atoms with Crippen LogP contribution in [0.15, 0.2) is 15.5 Å². The first-order valence-corrected chi connectivity index (χ1v) is 9.63. The van der Waals surface area contributed by atoms with Gasteiger partial charge in [0.2, 0.25) is 0 Å². The molecule has 6 heteroatoms. The molecule has 118 valence electrons. The van der Waals surface area contributed by atoms with Gasteiger partial charge in [0.15, 0.2) is 0 Å². The van der Waals surface area contributed by atoms with Crippen molar-refractivity contribution in [2.24, 2.45) is 0 Å². The molecule has 1 saturated carbocycles. The van der Waals surface area contributed by atoms with Gasteiger partial charge in [-0.05, 0) is 47.4 Å². The highest BCUT2D eigenvalue weighted by molar-refractivity contribution is 9.10. The minimum Gasteiger partial charge on any atom is -0.380 e. The maximum atomic E-state index is 12.2. The fourth-order valence-corrected chi connectivity index (χ4v) is 4.28. The van der Waals surface area contributed by atoms with Crippen LogP contribution in [0.4, 0.5) is 5.69 Å². The lowest BCUT2D eigenvalue weighted by molar-refractivity contribution is 0.540. The van der Waals surface area contributed by atoms with Gasteiger partial charge >= 0.3 is 0 Å². The highest BCUT2D eigenvalue weighted by Gasteiger charge is 2.25. The number of nitrogens with one attached hydrogen (secondary N) is 1. The summed E-state index contributed by atoms with van der Waals surface area (Å²) in [4.78, 5) is 12.2. The number of hydrogen-bond acceptors (Lipinski definition) is 4. The summed E-state index contributed by atoms with van der Waals surface area (Å²) in [6, 6.07) is 0.457. The number of aryl methyl sites for hydroxylation is 1. The number of halogens is 1. The summed E-state index contributed by atoms with van der Waals surface area (Å²) >= 11 is 5.47. The Labute approximate surface area is 139 Å². The van der Waals surface area contributed by atoms with Gasteiger partial charge in [-0.1, -0.05) is 20.3 Å². The summed E-state index contributed by atoms with van der Waals surface area (Å²) in [6.07, 6.45) is 7.41. The van der Waals surface area contributed by atoms with E-state index in [0.29, 0.717) is 17.1 Å². The molecule has 1 heterocycles. The monoisotopic (exact) mass is 373 g/mol. The minimum absolute atomic E-state index is 0.0362. The van der Waals surface area contributed by atoms with Crippen LogP contribution in [0.2, 0.25) is 0 Å². The first-order chi connectivity index (χ1) is 10.2. The standard InChI is InChI=1S/C15H24BrN3OS/c1-3-5-8-19-15(20)14(16)13(10-17-19)18-11-6-7-12(9-11)21-4-2/h10-12,18H,3-9H2,1-2H3. The third-order valence-corrected chi connectivity index (χ3v) is 5.85. The van der Waals surface area contributed by atoms with E-state index >= 15 is 0 Å². The van der Waals surface area contributed by atoms with Gasteiger partial charge in [-0.25, -0.2) is 4.68 Å². The fourth-order valence-electron chi connectivity index (χ4n) is 2.71. The Balaban J connectivity index is 2.01. The Morgan fingerprint density at radius 1 is 1.48 bits per heavy atom. The lowest BCUT2D eigenvalue weighted by Crippen LogP contribution is -2.26. The zero-order valence-corrected chi connectivity index (χ0v) is 15.2. The van der Waals surface area contributed by atoms with Gasteiger partial charge in [-0.2, -0.15) is 16.9 Å². The average Bonchev–Trinajstić information content (AvgIpc) is 2.91. The largest absolute Gasteiger partial charge is 0.380 e. The predicted molar refractivity (Wildman–Crippen MR) is 94.3 cm³/mol. The third kappa shape index (κ3) is 4.49. The number of hydrogen-bond donors (Lipinski definition) is 1. The molecule has 1 aliphatic carbocycles. The lowest BCUT2D eigenvalue weighted by atomic mass is 10.2. The van der Waals surface area contributed by atoms with Crippen LogP contribution in [0.25, 0.3) is 0 Å². The second-order valence-corrected chi connectivity index (χ2v) is 7.86. The average molecular weight is 374 g/mol. The Kier molecular flexibility index (Phi) is 6.61. The molecular weight excluding hydrogens is 350 g/mol. The summed E-state index contributed by atoms with van der Waals surface area (Å²) in [6.45, 7) is 5.01. The van der Waals surface area contributed by atoms with E-state index in [9.17, 15) is 4.79 Å². The van der Waals surface area contributed by atoms with Crippen molar-refractivity contribution in [3.63, 3.8) is 0 Å². The molecule has 4 nitrogen and oxygen atoms in total. The molecule has 1 fully saturated rings. The van der Waals surface area contributed by atoms with Crippen molar-refractivity contribution in [3.8, 4) is 0 Å². The minimum atomic E-state index is -0.0362. The summed E-state index contributed by atoms with van der Waals surface area (Å²) in [5, 5.41) is 8.52. The molecule has 0 saturated heterocycles. The first-order valence-electron chi connectivity index (χ1n) is 7.79. The predicted octanol–water partition coefficient (Wildman–Crippen LogP) is 3.89. The van der Waals surface area contributed by atoms with Crippen LogP contribution >= 0.6 is 27.7 Å². The maximum Gasteiger partial charge on any atom is 0.283 e. The smallest absolute Gasteiger partial charge is 0.283 e. The number of thioether (sulfide) groups is 1. The van der Waals surface area contributed by atoms with Crippen LogP contribution in [-0.2, 0) is 6.54 Å². The Hall–Kier alpha value is -0.490. The van der Waals surface area contributed by atoms with Crippen LogP contribution in [0, 0.1) is 0 Å². The number of anilines is 1. The molecule has 1 aromatic rings. The third-order valence-electron chi connectivity index (χ3n) is 3.85. The molecule has 1 N–H and O–H groups in total. The summed E-state index contributed by atoms with van der Waals surface area (Å²) in [5.74, 6) is 1.18. The van der Waals surface area contributed by atoms with E-state index in [1.54, 1.807) is 10.9 Å². The van der Waals surface area contributed by atoms with Crippen LogP contribution in [0.3, 0.4) is 0 Å². The molecule has 0 aliphatic heterocycles. The van der Waals surface area contributed by atoms with E-state index in [1.807, 2.05) is 11.8 Å².